The van der Waals surface area contributed by atoms with Crippen molar-refractivity contribution in [1.29, 1.82) is 5.26 Å². The van der Waals surface area contributed by atoms with Gasteiger partial charge in [-0.1, -0.05) is 48.5 Å². The number of carbonyl (C=O) groups excluding carboxylic acids is 2. The number of hydrazone groups is 1. The molecule has 0 saturated carbocycles. The van der Waals surface area contributed by atoms with Gasteiger partial charge in [-0.25, -0.2) is 4.79 Å². The molecule has 0 radical (unpaired) electrons. The van der Waals surface area contributed by atoms with Gasteiger partial charge in [0.05, 0.1) is 18.4 Å². The molecule has 1 aliphatic heterocycles. The summed E-state index contributed by atoms with van der Waals surface area (Å²) >= 11 is 0. The van der Waals surface area contributed by atoms with E-state index in [0.29, 0.717) is 12.2 Å². The first-order valence-electron chi connectivity index (χ1n) is 9.42. The standard InChI is InChI=1S/C22H22N4O3/c1-2-29-22(28)19-15-20(26(24-19)18-11-7-4-8-12-18)21(27)25(14-13-23)16-17-9-5-3-6-10-17/h3-12,20H,2,14-16H2,1H3. The van der Waals surface area contributed by atoms with Gasteiger partial charge in [-0.2, -0.15) is 10.4 Å². The predicted molar refractivity (Wildman–Crippen MR) is 109 cm³/mol. The summed E-state index contributed by atoms with van der Waals surface area (Å²) in [7, 11) is 0. The lowest BCUT2D eigenvalue weighted by molar-refractivity contribution is -0.135. The maximum absolute atomic E-state index is 13.4. The molecule has 0 spiro atoms. The number of nitriles is 1. The number of anilines is 1. The molecule has 0 saturated heterocycles. The van der Waals surface area contributed by atoms with Crippen molar-refractivity contribution in [3.63, 3.8) is 0 Å². The highest BCUT2D eigenvalue weighted by Gasteiger charge is 2.39. The van der Waals surface area contributed by atoms with Crippen molar-refractivity contribution >= 4 is 23.3 Å². The molecule has 7 nitrogen and oxygen atoms in total. The molecule has 2 aromatic rings. The number of benzene rings is 2. The Morgan fingerprint density at radius 2 is 1.83 bits per heavy atom. The van der Waals surface area contributed by atoms with Gasteiger partial charge in [0.1, 0.15) is 18.3 Å². The average molecular weight is 390 g/mol. The summed E-state index contributed by atoms with van der Waals surface area (Å²) in [5, 5.41) is 15.2. The lowest BCUT2D eigenvalue weighted by Gasteiger charge is -2.28. The number of hydrogen-bond donors (Lipinski definition) is 0. The molecular formula is C22H22N4O3. The highest BCUT2D eigenvalue weighted by Crippen LogP contribution is 2.26. The molecule has 148 valence electrons. The van der Waals surface area contributed by atoms with E-state index < -0.39 is 12.0 Å². The molecule has 7 heteroatoms. The van der Waals surface area contributed by atoms with Crippen molar-refractivity contribution in [3.05, 3.63) is 66.2 Å². The smallest absolute Gasteiger partial charge is 0.354 e. The average Bonchev–Trinajstić information content (AvgIpc) is 3.20. The Labute approximate surface area is 169 Å². The Morgan fingerprint density at radius 1 is 1.17 bits per heavy atom. The van der Waals surface area contributed by atoms with Gasteiger partial charge >= 0.3 is 5.97 Å². The van der Waals surface area contributed by atoms with E-state index in [1.54, 1.807) is 11.9 Å². The highest BCUT2D eigenvalue weighted by molar-refractivity contribution is 6.38. The molecule has 0 fully saturated rings. The highest BCUT2D eigenvalue weighted by atomic mass is 16.5. The Balaban J connectivity index is 1.87. The summed E-state index contributed by atoms with van der Waals surface area (Å²) in [6.07, 6.45) is 0.128. The van der Waals surface area contributed by atoms with Crippen LogP contribution in [0.3, 0.4) is 0 Å². The van der Waals surface area contributed by atoms with Crippen molar-refractivity contribution < 1.29 is 14.3 Å². The summed E-state index contributed by atoms with van der Waals surface area (Å²) < 4.78 is 5.07. The first kappa shape index (κ1) is 20.1. The number of ether oxygens (including phenoxy) is 1. The third-order valence-corrected chi connectivity index (χ3v) is 4.52. The molecule has 0 aromatic heterocycles. The number of nitrogens with zero attached hydrogens (tertiary/aromatic N) is 4. The number of rotatable bonds is 7. The van der Waals surface area contributed by atoms with Gasteiger partial charge in [-0.15, -0.1) is 0 Å². The molecule has 1 unspecified atom stereocenters. The monoisotopic (exact) mass is 390 g/mol. The van der Waals surface area contributed by atoms with E-state index in [1.165, 1.54) is 4.90 Å². The Kier molecular flexibility index (Phi) is 6.59. The maximum atomic E-state index is 13.4. The third kappa shape index (κ3) is 4.79. The summed E-state index contributed by atoms with van der Waals surface area (Å²) in [4.78, 5) is 27.1. The molecule has 2 aromatic carbocycles. The van der Waals surface area contributed by atoms with E-state index in [0.717, 1.165) is 5.56 Å². The Morgan fingerprint density at radius 3 is 2.45 bits per heavy atom. The van der Waals surface area contributed by atoms with Gasteiger partial charge < -0.3 is 9.64 Å². The topological polar surface area (TPSA) is 86.0 Å². The molecule has 1 aliphatic rings. The minimum Gasteiger partial charge on any atom is -0.461 e. The lowest BCUT2D eigenvalue weighted by atomic mass is 10.1. The zero-order valence-electron chi connectivity index (χ0n) is 16.2. The van der Waals surface area contributed by atoms with E-state index in [2.05, 4.69) is 11.2 Å². The van der Waals surface area contributed by atoms with Gasteiger partial charge in [-0.3, -0.25) is 9.80 Å². The molecule has 1 amide bonds. The number of esters is 1. The number of amides is 1. The van der Waals surface area contributed by atoms with Crippen molar-refractivity contribution in [2.24, 2.45) is 5.10 Å². The van der Waals surface area contributed by atoms with Crippen LogP contribution in [-0.2, 0) is 20.9 Å². The minimum absolute atomic E-state index is 0.0540. The van der Waals surface area contributed by atoms with Crippen molar-refractivity contribution in [3.8, 4) is 6.07 Å². The summed E-state index contributed by atoms with van der Waals surface area (Å²) in [5.74, 6) is -0.791. The second-order valence-corrected chi connectivity index (χ2v) is 6.51. The molecule has 29 heavy (non-hydrogen) atoms. The van der Waals surface area contributed by atoms with Crippen LogP contribution in [0.2, 0.25) is 0 Å². The molecule has 1 atom stereocenters. The van der Waals surface area contributed by atoms with E-state index in [1.807, 2.05) is 60.7 Å². The summed E-state index contributed by atoms with van der Waals surface area (Å²) in [6.45, 7) is 2.21. The molecule has 3 rings (SSSR count). The molecule has 0 N–H and O–H groups in total. The van der Waals surface area contributed by atoms with Crippen LogP contribution >= 0.6 is 0 Å². The molecule has 1 heterocycles. The first-order valence-corrected chi connectivity index (χ1v) is 9.42. The van der Waals surface area contributed by atoms with Crippen molar-refractivity contribution in [1.82, 2.24) is 4.90 Å². The fourth-order valence-corrected chi connectivity index (χ4v) is 3.17. The fraction of sp³-hybridized carbons (Fsp3) is 0.273. The van der Waals surface area contributed by atoms with Crippen LogP contribution in [0.25, 0.3) is 0 Å². The van der Waals surface area contributed by atoms with Gasteiger partial charge in [0.25, 0.3) is 0 Å². The third-order valence-electron chi connectivity index (χ3n) is 4.52. The van der Waals surface area contributed by atoms with Crippen LogP contribution in [0, 0.1) is 11.3 Å². The van der Waals surface area contributed by atoms with Gasteiger partial charge in [-0.05, 0) is 24.6 Å². The van der Waals surface area contributed by atoms with Crippen LogP contribution in [0.15, 0.2) is 65.8 Å². The van der Waals surface area contributed by atoms with Crippen LogP contribution in [0.4, 0.5) is 5.69 Å². The quantitative estimate of drug-likeness (QED) is 0.536. The van der Waals surface area contributed by atoms with Crippen LogP contribution in [0.5, 0.6) is 0 Å². The van der Waals surface area contributed by atoms with Crippen molar-refractivity contribution in [2.75, 3.05) is 18.2 Å². The van der Waals surface area contributed by atoms with Crippen LogP contribution in [0.1, 0.15) is 18.9 Å². The maximum Gasteiger partial charge on any atom is 0.354 e. The fourth-order valence-electron chi connectivity index (χ4n) is 3.17. The van der Waals surface area contributed by atoms with Gasteiger partial charge in [0, 0.05) is 13.0 Å². The number of para-hydroxylation sites is 1. The second-order valence-electron chi connectivity index (χ2n) is 6.51. The minimum atomic E-state index is -0.714. The van der Waals surface area contributed by atoms with Crippen molar-refractivity contribution in [2.45, 2.75) is 25.9 Å². The zero-order valence-corrected chi connectivity index (χ0v) is 16.2. The largest absolute Gasteiger partial charge is 0.461 e. The van der Waals surface area contributed by atoms with E-state index in [4.69, 9.17) is 4.74 Å². The Bertz CT molecular complexity index is 922. The SMILES string of the molecule is CCOC(=O)C1=NN(c2ccccc2)C(C(=O)N(CC#N)Cc2ccccc2)C1. The van der Waals surface area contributed by atoms with E-state index in [-0.39, 0.29) is 31.2 Å². The van der Waals surface area contributed by atoms with Gasteiger partial charge in [0.15, 0.2) is 0 Å². The van der Waals surface area contributed by atoms with Crippen LogP contribution < -0.4 is 5.01 Å². The number of hydrogen-bond acceptors (Lipinski definition) is 6. The zero-order chi connectivity index (χ0) is 20.6. The summed E-state index contributed by atoms with van der Waals surface area (Å²) in [5.41, 5.74) is 1.82. The second kappa shape index (κ2) is 9.51. The first-order chi connectivity index (χ1) is 14.1. The van der Waals surface area contributed by atoms with Gasteiger partial charge in [0.2, 0.25) is 5.91 Å². The number of carbonyl (C=O) groups is 2. The molecule has 0 aliphatic carbocycles. The normalized spacial score (nSPS) is 15.4. The van der Waals surface area contributed by atoms with Crippen LogP contribution in [-0.4, -0.2) is 41.7 Å². The Hall–Kier alpha value is -3.66. The van der Waals surface area contributed by atoms with E-state index in [9.17, 15) is 14.9 Å². The van der Waals surface area contributed by atoms with E-state index >= 15 is 0 Å². The summed E-state index contributed by atoms with van der Waals surface area (Å²) in [6, 6.07) is 20.0. The predicted octanol–water partition coefficient (Wildman–Crippen LogP) is 2.74. The lowest BCUT2D eigenvalue weighted by Crippen LogP contribution is -2.45. The molecular weight excluding hydrogens is 368 g/mol. The molecule has 0 bridgehead atoms.